The number of carbonyl (C=O) groups excluding carboxylic acids is 1. The lowest BCUT2D eigenvalue weighted by molar-refractivity contribution is 0.0394. The maximum atomic E-state index is 12.9. The standard InChI is InChI=1S/C17H24FN3O3.2ClH/c18-12-3-1-11(2-4-12)17(23)20-9-15-16(22)14(10-24-15)21-13-5-7-19-8-6-13;;/h1-4,13-16,19,21-22H,5-10H2,(H,20,23);2*1H/t14-,15-,16+;;/m1../s1. The molecular formula is C17H26Cl2FN3O3. The van der Waals surface area contributed by atoms with E-state index < -0.39 is 12.2 Å². The molecule has 0 saturated carbocycles. The van der Waals surface area contributed by atoms with E-state index in [9.17, 15) is 14.3 Å². The van der Waals surface area contributed by atoms with E-state index in [0.717, 1.165) is 25.9 Å². The highest BCUT2D eigenvalue weighted by Crippen LogP contribution is 2.16. The number of aliphatic hydroxyl groups is 1. The number of amides is 1. The van der Waals surface area contributed by atoms with Gasteiger partial charge in [0, 0.05) is 18.2 Å². The minimum Gasteiger partial charge on any atom is -0.389 e. The van der Waals surface area contributed by atoms with Gasteiger partial charge in [-0.1, -0.05) is 0 Å². The van der Waals surface area contributed by atoms with Crippen molar-refractivity contribution < 1.29 is 19.0 Å². The van der Waals surface area contributed by atoms with E-state index in [-0.39, 0.29) is 49.1 Å². The van der Waals surface area contributed by atoms with Crippen molar-refractivity contribution in [2.45, 2.75) is 37.1 Å². The second-order valence-electron chi connectivity index (χ2n) is 6.38. The lowest BCUT2D eigenvalue weighted by Crippen LogP contribution is -2.50. The molecule has 0 bridgehead atoms. The number of rotatable bonds is 5. The summed E-state index contributed by atoms with van der Waals surface area (Å²) in [6, 6.07) is 5.63. The van der Waals surface area contributed by atoms with Gasteiger partial charge >= 0.3 is 0 Å². The molecule has 2 saturated heterocycles. The van der Waals surface area contributed by atoms with Crippen molar-refractivity contribution in [3.8, 4) is 0 Å². The maximum Gasteiger partial charge on any atom is 0.251 e. The van der Waals surface area contributed by atoms with Gasteiger partial charge < -0.3 is 25.8 Å². The topological polar surface area (TPSA) is 82.6 Å². The summed E-state index contributed by atoms with van der Waals surface area (Å²) in [5.41, 5.74) is 0.383. The molecule has 6 nitrogen and oxygen atoms in total. The van der Waals surface area contributed by atoms with E-state index in [1.165, 1.54) is 24.3 Å². The smallest absolute Gasteiger partial charge is 0.251 e. The Kier molecular flexibility index (Phi) is 9.78. The van der Waals surface area contributed by atoms with Crippen molar-refractivity contribution >= 4 is 30.7 Å². The fourth-order valence-corrected chi connectivity index (χ4v) is 3.20. The fraction of sp³-hybridized carbons (Fsp3) is 0.588. The van der Waals surface area contributed by atoms with Crippen LogP contribution in [-0.2, 0) is 4.74 Å². The average molecular weight is 410 g/mol. The number of piperidine rings is 1. The van der Waals surface area contributed by atoms with Gasteiger partial charge in [-0.15, -0.1) is 24.8 Å². The number of ether oxygens (including phenoxy) is 1. The normalized spacial score (nSPS) is 25.8. The van der Waals surface area contributed by atoms with Gasteiger partial charge in [0.2, 0.25) is 0 Å². The first-order chi connectivity index (χ1) is 11.6. The van der Waals surface area contributed by atoms with Crippen molar-refractivity contribution in [1.82, 2.24) is 16.0 Å². The van der Waals surface area contributed by atoms with E-state index in [1.807, 2.05) is 0 Å². The fourth-order valence-electron chi connectivity index (χ4n) is 3.20. The Labute approximate surface area is 165 Å². The molecule has 2 aliphatic heterocycles. The Morgan fingerprint density at radius 3 is 2.54 bits per heavy atom. The molecule has 0 radical (unpaired) electrons. The number of carbonyl (C=O) groups is 1. The number of hydrogen-bond acceptors (Lipinski definition) is 5. The Morgan fingerprint density at radius 2 is 1.88 bits per heavy atom. The Hall–Kier alpha value is -0.960. The summed E-state index contributed by atoms with van der Waals surface area (Å²) in [6.07, 6.45) is 0.978. The SMILES string of the molecule is Cl.Cl.O=C(NC[C@H]1OC[C@@H](NC2CCNCC2)[C@@H]1O)c1ccc(F)cc1. The van der Waals surface area contributed by atoms with Gasteiger partial charge in [-0.3, -0.25) is 4.79 Å². The van der Waals surface area contributed by atoms with Crippen LogP contribution in [0.5, 0.6) is 0 Å². The minimum atomic E-state index is -0.659. The number of aliphatic hydroxyl groups excluding tert-OH is 1. The molecule has 26 heavy (non-hydrogen) atoms. The number of nitrogens with one attached hydrogen (secondary N) is 3. The zero-order valence-corrected chi connectivity index (χ0v) is 16.0. The van der Waals surface area contributed by atoms with Gasteiger partial charge in [0.05, 0.1) is 18.8 Å². The molecule has 1 aromatic rings. The van der Waals surface area contributed by atoms with Crippen LogP contribution in [0.4, 0.5) is 4.39 Å². The molecule has 0 aliphatic carbocycles. The Balaban J connectivity index is 0.00000169. The largest absolute Gasteiger partial charge is 0.389 e. The third-order valence-electron chi connectivity index (χ3n) is 4.64. The van der Waals surface area contributed by atoms with Gasteiger partial charge in [-0.2, -0.15) is 0 Å². The molecule has 3 rings (SSSR count). The first-order valence-electron chi connectivity index (χ1n) is 8.43. The number of benzene rings is 1. The van der Waals surface area contributed by atoms with Crippen LogP contribution in [0.15, 0.2) is 24.3 Å². The molecule has 148 valence electrons. The van der Waals surface area contributed by atoms with Gasteiger partial charge in [0.25, 0.3) is 5.91 Å². The van der Waals surface area contributed by atoms with Gasteiger partial charge in [0.15, 0.2) is 0 Å². The second-order valence-corrected chi connectivity index (χ2v) is 6.38. The van der Waals surface area contributed by atoms with Crippen LogP contribution in [-0.4, -0.2) is 61.5 Å². The van der Waals surface area contributed by atoms with Crippen LogP contribution in [0, 0.1) is 5.82 Å². The zero-order chi connectivity index (χ0) is 16.9. The minimum absolute atomic E-state index is 0. The monoisotopic (exact) mass is 409 g/mol. The zero-order valence-electron chi connectivity index (χ0n) is 14.3. The van der Waals surface area contributed by atoms with Crippen LogP contribution in [0.3, 0.4) is 0 Å². The molecule has 0 unspecified atom stereocenters. The van der Waals surface area contributed by atoms with E-state index in [4.69, 9.17) is 4.74 Å². The molecule has 2 heterocycles. The summed E-state index contributed by atoms with van der Waals surface area (Å²) < 4.78 is 18.5. The van der Waals surface area contributed by atoms with Crippen molar-refractivity contribution in [2.75, 3.05) is 26.2 Å². The molecule has 1 aromatic carbocycles. The Morgan fingerprint density at radius 1 is 1.23 bits per heavy atom. The maximum absolute atomic E-state index is 12.9. The van der Waals surface area contributed by atoms with Crippen molar-refractivity contribution in [3.63, 3.8) is 0 Å². The molecule has 2 fully saturated rings. The predicted octanol–water partition coefficient (Wildman–Crippen LogP) is 0.869. The molecule has 0 spiro atoms. The molecule has 2 aliphatic rings. The van der Waals surface area contributed by atoms with E-state index in [1.54, 1.807) is 0 Å². The highest BCUT2D eigenvalue weighted by atomic mass is 35.5. The predicted molar refractivity (Wildman–Crippen MR) is 102 cm³/mol. The van der Waals surface area contributed by atoms with Crippen molar-refractivity contribution in [3.05, 3.63) is 35.6 Å². The van der Waals surface area contributed by atoms with E-state index in [2.05, 4.69) is 16.0 Å². The lowest BCUT2D eigenvalue weighted by Gasteiger charge is -2.28. The summed E-state index contributed by atoms with van der Waals surface area (Å²) in [5.74, 6) is -0.687. The van der Waals surface area contributed by atoms with Crippen LogP contribution >= 0.6 is 24.8 Å². The third kappa shape index (κ3) is 6.04. The quantitative estimate of drug-likeness (QED) is 0.579. The molecule has 9 heteroatoms. The molecule has 4 N–H and O–H groups in total. The van der Waals surface area contributed by atoms with E-state index >= 15 is 0 Å². The summed E-state index contributed by atoms with van der Waals surface area (Å²) >= 11 is 0. The summed E-state index contributed by atoms with van der Waals surface area (Å²) in [4.78, 5) is 12.0. The van der Waals surface area contributed by atoms with Crippen LogP contribution in [0.1, 0.15) is 23.2 Å². The highest BCUT2D eigenvalue weighted by molar-refractivity contribution is 5.94. The van der Waals surface area contributed by atoms with Crippen molar-refractivity contribution in [2.24, 2.45) is 0 Å². The summed E-state index contributed by atoms with van der Waals surface area (Å²) in [7, 11) is 0. The van der Waals surface area contributed by atoms with Crippen LogP contribution in [0.25, 0.3) is 0 Å². The van der Waals surface area contributed by atoms with E-state index in [0.29, 0.717) is 18.2 Å². The first-order valence-corrected chi connectivity index (χ1v) is 8.43. The molecular weight excluding hydrogens is 384 g/mol. The van der Waals surface area contributed by atoms with Gasteiger partial charge in [-0.25, -0.2) is 4.39 Å². The third-order valence-corrected chi connectivity index (χ3v) is 4.64. The average Bonchev–Trinajstić information content (AvgIpc) is 2.94. The second kappa shape index (κ2) is 11.0. The Bertz CT molecular complexity index is 559. The van der Waals surface area contributed by atoms with Gasteiger partial charge in [0.1, 0.15) is 11.9 Å². The summed E-state index contributed by atoms with van der Waals surface area (Å²) in [5, 5.41) is 19.9. The number of halogens is 3. The molecule has 1 amide bonds. The molecule has 3 atom stereocenters. The first kappa shape index (κ1) is 23.1. The van der Waals surface area contributed by atoms with Crippen molar-refractivity contribution in [1.29, 1.82) is 0 Å². The highest BCUT2D eigenvalue weighted by Gasteiger charge is 2.37. The number of hydrogen-bond donors (Lipinski definition) is 4. The molecule has 0 aromatic heterocycles. The van der Waals surface area contributed by atoms with Crippen LogP contribution in [0.2, 0.25) is 0 Å². The van der Waals surface area contributed by atoms with Gasteiger partial charge in [-0.05, 0) is 50.2 Å². The lowest BCUT2D eigenvalue weighted by atomic mass is 10.0. The summed E-state index contributed by atoms with van der Waals surface area (Å²) in [6.45, 7) is 2.63. The van der Waals surface area contributed by atoms with Crippen LogP contribution < -0.4 is 16.0 Å².